The monoisotopic (exact) mass is 646 g/mol. The van der Waals surface area contributed by atoms with Gasteiger partial charge >= 0.3 is 5.97 Å². The Morgan fingerprint density at radius 2 is 1.80 bits per heavy atom. The quantitative estimate of drug-likeness (QED) is 0.223. The summed E-state index contributed by atoms with van der Waals surface area (Å²) < 4.78 is 67.4. The highest BCUT2D eigenvalue weighted by Gasteiger charge is 2.31. The number of carbonyl (C=O) groups is 2. The zero-order valence-corrected chi connectivity index (χ0v) is 24.4. The predicted octanol–water partition coefficient (Wildman–Crippen LogP) is 5.78. The molecule has 214 valence electrons. The van der Waals surface area contributed by atoms with Gasteiger partial charge in [-0.15, -0.1) is 0 Å². The van der Waals surface area contributed by atoms with Crippen molar-refractivity contribution < 1.29 is 35.9 Å². The van der Waals surface area contributed by atoms with E-state index in [0.717, 1.165) is 31.6 Å². The van der Waals surface area contributed by atoms with Gasteiger partial charge in [0.15, 0.2) is 0 Å². The smallest absolute Gasteiger partial charge is 0.339 e. The maximum absolute atomic E-state index is 14.4. The van der Waals surface area contributed by atoms with Crippen molar-refractivity contribution in [2.75, 3.05) is 14.2 Å². The van der Waals surface area contributed by atoms with Crippen molar-refractivity contribution in [2.24, 2.45) is 0 Å². The minimum absolute atomic E-state index is 0.0649. The highest BCUT2D eigenvalue weighted by Crippen LogP contribution is 2.45. The fourth-order valence-corrected chi connectivity index (χ4v) is 6.25. The van der Waals surface area contributed by atoms with Gasteiger partial charge in [-0.05, 0) is 99.9 Å². The number of halogens is 3. The third kappa shape index (κ3) is 6.04. The number of esters is 1. The van der Waals surface area contributed by atoms with Crippen LogP contribution < -0.4 is 10.0 Å². The predicted molar refractivity (Wildman–Crippen MR) is 152 cm³/mol. The van der Waals surface area contributed by atoms with Crippen LogP contribution in [-0.4, -0.2) is 34.5 Å². The zero-order valence-electron chi connectivity index (χ0n) is 22.0. The van der Waals surface area contributed by atoms with E-state index in [1.165, 1.54) is 37.4 Å². The van der Waals surface area contributed by atoms with Gasteiger partial charge in [-0.3, -0.25) is 4.79 Å². The molecule has 1 aliphatic rings. The molecule has 0 unspecified atom stereocenters. The normalized spacial score (nSPS) is 13.4. The number of hydrogen-bond donors (Lipinski definition) is 2. The average Bonchev–Trinajstić information content (AvgIpc) is 3.73. The fraction of sp³-hybridized carbons (Fsp3) is 0.241. The highest BCUT2D eigenvalue weighted by molar-refractivity contribution is 9.10. The summed E-state index contributed by atoms with van der Waals surface area (Å²) in [6, 6.07) is 11.4. The van der Waals surface area contributed by atoms with E-state index in [1.54, 1.807) is 12.1 Å². The van der Waals surface area contributed by atoms with Crippen LogP contribution in [0.5, 0.6) is 0 Å². The Bertz CT molecular complexity index is 1780. The molecule has 4 aromatic rings. The molecule has 0 saturated heterocycles. The maximum Gasteiger partial charge on any atom is 0.339 e. The zero-order chi connectivity index (χ0) is 29.5. The number of furan rings is 1. The molecule has 3 aromatic carbocycles. The molecule has 0 spiro atoms. The largest absolute Gasteiger partial charge is 0.465 e. The number of nitrogens with one attached hydrogen (secondary N) is 2. The lowest BCUT2D eigenvalue weighted by atomic mass is 9.98. The van der Waals surface area contributed by atoms with Crippen LogP contribution in [0.2, 0.25) is 0 Å². The summed E-state index contributed by atoms with van der Waals surface area (Å²) >= 11 is 3.01. The van der Waals surface area contributed by atoms with Gasteiger partial charge in [-0.25, -0.2) is 26.7 Å². The van der Waals surface area contributed by atoms with Crippen molar-refractivity contribution in [1.29, 1.82) is 0 Å². The van der Waals surface area contributed by atoms with E-state index < -0.39 is 27.6 Å². The van der Waals surface area contributed by atoms with Gasteiger partial charge in [0, 0.05) is 24.5 Å². The standard InChI is InChI=1S/C29H25BrF2N2O6S/c1-33-28(35)25-21-12-20(16-3-4-16)18(11-24(21)40-27(25)17-5-7-19(31)8-6-17)14-41(37,38)34-13-15-9-22(29(36)39-2)26(30)23(32)10-15/h5-12,16,34H,3-4,13-14H2,1-2H3,(H,33,35). The maximum atomic E-state index is 14.4. The molecule has 1 amide bonds. The van der Waals surface area contributed by atoms with Crippen molar-refractivity contribution in [3.8, 4) is 11.3 Å². The van der Waals surface area contributed by atoms with Gasteiger partial charge in [-0.2, -0.15) is 0 Å². The molecule has 1 aliphatic carbocycles. The number of amides is 1. The number of sulfonamides is 1. The van der Waals surface area contributed by atoms with E-state index in [2.05, 4.69) is 30.7 Å². The third-order valence-corrected chi connectivity index (χ3v) is 8.94. The first-order valence-electron chi connectivity index (χ1n) is 12.6. The lowest BCUT2D eigenvalue weighted by Gasteiger charge is -2.12. The second kappa shape index (κ2) is 11.3. The molecule has 0 bridgehead atoms. The first kappa shape index (κ1) is 28.9. The molecule has 0 aliphatic heterocycles. The number of rotatable bonds is 9. The first-order chi connectivity index (χ1) is 19.5. The van der Waals surface area contributed by atoms with Crippen LogP contribution in [0.1, 0.15) is 56.2 Å². The van der Waals surface area contributed by atoms with Crippen molar-refractivity contribution >= 4 is 48.8 Å². The summed E-state index contributed by atoms with van der Waals surface area (Å²) in [5.41, 5.74) is 2.56. The Morgan fingerprint density at radius 3 is 2.44 bits per heavy atom. The molecular weight excluding hydrogens is 622 g/mol. The molecule has 1 heterocycles. The molecule has 0 atom stereocenters. The van der Waals surface area contributed by atoms with Crippen LogP contribution >= 0.6 is 15.9 Å². The summed E-state index contributed by atoms with van der Waals surface area (Å²) in [5.74, 6) is -2.33. The van der Waals surface area contributed by atoms with Gasteiger partial charge in [0.25, 0.3) is 5.91 Å². The van der Waals surface area contributed by atoms with E-state index in [9.17, 15) is 26.8 Å². The lowest BCUT2D eigenvalue weighted by Crippen LogP contribution is -2.25. The van der Waals surface area contributed by atoms with Crippen LogP contribution in [0, 0.1) is 11.6 Å². The van der Waals surface area contributed by atoms with Crippen molar-refractivity contribution in [1.82, 2.24) is 10.0 Å². The van der Waals surface area contributed by atoms with Gasteiger partial charge in [-0.1, -0.05) is 0 Å². The molecule has 8 nitrogen and oxygen atoms in total. The number of hydrogen-bond acceptors (Lipinski definition) is 6. The highest BCUT2D eigenvalue weighted by atomic mass is 79.9. The summed E-state index contributed by atoms with van der Waals surface area (Å²) in [7, 11) is -1.28. The van der Waals surface area contributed by atoms with Crippen molar-refractivity contribution in [3.05, 3.63) is 92.5 Å². The Kier molecular flexibility index (Phi) is 8.00. The van der Waals surface area contributed by atoms with Gasteiger partial charge in [0.2, 0.25) is 10.0 Å². The minimum atomic E-state index is -3.94. The number of ether oxygens (including phenoxy) is 1. The van der Waals surface area contributed by atoms with Gasteiger partial charge in [0.05, 0.1) is 28.5 Å². The minimum Gasteiger partial charge on any atom is -0.465 e. The molecule has 1 aromatic heterocycles. The molecule has 12 heteroatoms. The fourth-order valence-electron chi connectivity index (χ4n) is 4.71. The van der Waals surface area contributed by atoms with Crippen LogP contribution in [-0.2, 0) is 27.1 Å². The Labute approximate surface area is 243 Å². The first-order valence-corrected chi connectivity index (χ1v) is 15.1. The van der Waals surface area contributed by atoms with E-state index in [4.69, 9.17) is 4.42 Å². The molecular formula is C29H25BrF2N2O6S. The molecule has 0 radical (unpaired) electrons. The van der Waals surface area contributed by atoms with E-state index in [0.29, 0.717) is 22.1 Å². The summed E-state index contributed by atoms with van der Waals surface area (Å²) in [4.78, 5) is 24.9. The number of carbonyl (C=O) groups excluding carboxylic acids is 2. The molecule has 41 heavy (non-hydrogen) atoms. The molecule has 1 fully saturated rings. The third-order valence-electron chi connectivity index (χ3n) is 6.86. The molecule has 1 saturated carbocycles. The van der Waals surface area contributed by atoms with Crippen LogP contribution in [0.4, 0.5) is 8.78 Å². The Balaban J connectivity index is 1.49. The van der Waals surface area contributed by atoms with E-state index in [-0.39, 0.29) is 51.0 Å². The van der Waals surface area contributed by atoms with Crippen LogP contribution in [0.15, 0.2) is 57.4 Å². The summed E-state index contributed by atoms with van der Waals surface area (Å²) in [6.07, 6.45) is 1.75. The SMILES string of the molecule is CNC(=O)c1c(-c2ccc(F)cc2)oc2cc(CS(=O)(=O)NCc3cc(F)c(Br)c(C(=O)OC)c3)c(C3CC3)cc12. The van der Waals surface area contributed by atoms with Gasteiger partial charge < -0.3 is 14.5 Å². The number of fused-ring (bicyclic) bond motifs is 1. The van der Waals surface area contributed by atoms with Gasteiger partial charge in [0.1, 0.15) is 23.0 Å². The Morgan fingerprint density at radius 1 is 1.10 bits per heavy atom. The topological polar surface area (TPSA) is 115 Å². The summed E-state index contributed by atoms with van der Waals surface area (Å²) in [6.45, 7) is -0.256. The lowest BCUT2D eigenvalue weighted by molar-refractivity contribution is 0.0598. The Hall–Kier alpha value is -3.61. The van der Waals surface area contributed by atoms with Crippen molar-refractivity contribution in [3.63, 3.8) is 0 Å². The number of benzene rings is 3. The second-order valence-electron chi connectivity index (χ2n) is 9.72. The van der Waals surface area contributed by atoms with E-state index >= 15 is 0 Å². The summed E-state index contributed by atoms with van der Waals surface area (Å²) in [5, 5.41) is 3.14. The average molecular weight is 647 g/mol. The van der Waals surface area contributed by atoms with E-state index in [1.807, 2.05) is 0 Å². The number of methoxy groups -OCH3 is 1. The second-order valence-corrected chi connectivity index (χ2v) is 12.3. The van der Waals surface area contributed by atoms with Crippen molar-refractivity contribution in [2.45, 2.75) is 31.1 Å². The van der Waals surface area contributed by atoms with Crippen LogP contribution in [0.25, 0.3) is 22.3 Å². The van der Waals surface area contributed by atoms with Crippen LogP contribution in [0.3, 0.4) is 0 Å². The molecule has 5 rings (SSSR count). The molecule has 2 N–H and O–H groups in total.